The summed E-state index contributed by atoms with van der Waals surface area (Å²) in [6.07, 6.45) is 1.72. The van der Waals surface area contributed by atoms with Crippen LogP contribution >= 0.6 is 0 Å². The molecule has 3 nitrogen and oxygen atoms in total. The molecule has 6 heteroatoms. The van der Waals surface area contributed by atoms with Gasteiger partial charge >= 0.3 is 0 Å². The molecule has 0 fully saturated rings. The van der Waals surface area contributed by atoms with Crippen LogP contribution in [0.2, 0.25) is 0 Å². The van der Waals surface area contributed by atoms with E-state index in [1.807, 2.05) is 0 Å². The average Bonchev–Trinajstić information content (AvgIpc) is 2.56. The van der Waals surface area contributed by atoms with E-state index in [-0.39, 0.29) is 6.42 Å². The van der Waals surface area contributed by atoms with E-state index >= 15 is 0 Å². The predicted molar refractivity (Wildman–Crippen MR) is 88.3 cm³/mol. The van der Waals surface area contributed by atoms with Crippen LogP contribution < -0.4 is 5.73 Å². The van der Waals surface area contributed by atoms with E-state index < -0.39 is 29.2 Å². The van der Waals surface area contributed by atoms with Crippen molar-refractivity contribution in [1.29, 1.82) is 0 Å². The maximum atomic E-state index is 13.3. The number of aromatic hydroxyl groups is 1. The first-order valence-corrected chi connectivity index (χ1v) is 7.58. The molecule has 1 aromatic heterocycles. The quantitative estimate of drug-likeness (QED) is 0.749. The van der Waals surface area contributed by atoms with Gasteiger partial charge in [-0.3, -0.25) is 4.98 Å². The molecule has 0 radical (unpaired) electrons. The van der Waals surface area contributed by atoms with Gasteiger partial charge in [0.05, 0.1) is 11.7 Å². The Morgan fingerprint density at radius 1 is 1.00 bits per heavy atom. The molecule has 3 rings (SSSR count). The minimum absolute atomic E-state index is 0.172. The Morgan fingerprint density at radius 3 is 2.40 bits per heavy atom. The number of hydrogen-bond acceptors (Lipinski definition) is 3. The molecule has 25 heavy (non-hydrogen) atoms. The SMILES string of the molecule is N[C@@H](Cc1cc(F)cc(F)c1)c1ncccc1-c1ccc(F)c(O)c1. The third kappa shape index (κ3) is 3.80. The van der Waals surface area contributed by atoms with Crippen molar-refractivity contribution >= 4 is 0 Å². The maximum Gasteiger partial charge on any atom is 0.164 e. The van der Waals surface area contributed by atoms with Gasteiger partial charge in [0.1, 0.15) is 11.6 Å². The van der Waals surface area contributed by atoms with E-state index in [2.05, 4.69) is 4.98 Å². The summed E-state index contributed by atoms with van der Waals surface area (Å²) >= 11 is 0. The Hall–Kier alpha value is -2.86. The summed E-state index contributed by atoms with van der Waals surface area (Å²) in [6, 6.07) is 9.95. The molecule has 0 spiro atoms. The summed E-state index contributed by atoms with van der Waals surface area (Å²) in [4.78, 5) is 4.26. The van der Waals surface area contributed by atoms with Crippen LogP contribution in [0.1, 0.15) is 17.3 Å². The molecule has 1 atom stereocenters. The van der Waals surface area contributed by atoms with Crippen molar-refractivity contribution in [3.63, 3.8) is 0 Å². The number of nitrogens with zero attached hydrogens (tertiary/aromatic N) is 1. The molecule has 3 N–H and O–H groups in total. The van der Waals surface area contributed by atoms with Crippen molar-refractivity contribution in [1.82, 2.24) is 4.98 Å². The van der Waals surface area contributed by atoms with Crippen LogP contribution in [0.3, 0.4) is 0 Å². The molecule has 0 aliphatic heterocycles. The van der Waals surface area contributed by atoms with Crippen LogP contribution in [0.4, 0.5) is 13.2 Å². The number of benzene rings is 2. The molecule has 0 saturated heterocycles. The zero-order valence-electron chi connectivity index (χ0n) is 13.1. The number of nitrogens with two attached hydrogens (primary N) is 1. The van der Waals surface area contributed by atoms with Crippen LogP contribution in [0, 0.1) is 17.5 Å². The molecule has 0 aliphatic rings. The fourth-order valence-electron chi connectivity index (χ4n) is 2.72. The Balaban J connectivity index is 1.95. The van der Waals surface area contributed by atoms with E-state index in [0.29, 0.717) is 22.4 Å². The highest BCUT2D eigenvalue weighted by atomic mass is 19.1. The van der Waals surface area contributed by atoms with Crippen LogP contribution in [0.25, 0.3) is 11.1 Å². The van der Waals surface area contributed by atoms with Gasteiger partial charge in [0, 0.05) is 17.8 Å². The summed E-state index contributed by atoms with van der Waals surface area (Å²) < 4.78 is 40.0. The third-order valence-electron chi connectivity index (χ3n) is 3.82. The average molecular weight is 344 g/mol. The maximum absolute atomic E-state index is 13.3. The number of halogens is 3. The van der Waals surface area contributed by atoms with Crippen molar-refractivity contribution in [3.8, 4) is 16.9 Å². The molecule has 0 aliphatic carbocycles. The van der Waals surface area contributed by atoms with Crippen molar-refractivity contribution in [2.45, 2.75) is 12.5 Å². The second-order valence-electron chi connectivity index (χ2n) is 5.69. The van der Waals surface area contributed by atoms with E-state index in [0.717, 1.165) is 12.1 Å². The molecule has 0 amide bonds. The zero-order chi connectivity index (χ0) is 18.0. The van der Waals surface area contributed by atoms with Gasteiger partial charge in [0.15, 0.2) is 11.6 Å². The molecule has 1 heterocycles. The Labute approximate surface area is 142 Å². The first-order valence-electron chi connectivity index (χ1n) is 7.58. The Kier molecular flexibility index (Phi) is 4.72. The van der Waals surface area contributed by atoms with Crippen LogP contribution in [0.5, 0.6) is 5.75 Å². The molecule has 0 saturated carbocycles. The third-order valence-corrected chi connectivity index (χ3v) is 3.82. The van der Waals surface area contributed by atoms with Crippen LogP contribution in [-0.4, -0.2) is 10.1 Å². The molecule has 128 valence electrons. The number of pyridine rings is 1. The van der Waals surface area contributed by atoms with Crippen molar-refractivity contribution in [2.75, 3.05) is 0 Å². The van der Waals surface area contributed by atoms with E-state index in [1.165, 1.54) is 24.3 Å². The zero-order valence-corrected chi connectivity index (χ0v) is 13.1. The number of phenols is 1. The van der Waals surface area contributed by atoms with Crippen LogP contribution in [0.15, 0.2) is 54.7 Å². The summed E-state index contributed by atoms with van der Waals surface area (Å²) in [5.41, 5.74) is 8.24. The summed E-state index contributed by atoms with van der Waals surface area (Å²) in [7, 11) is 0. The van der Waals surface area contributed by atoms with Gasteiger partial charge in [-0.25, -0.2) is 13.2 Å². The molecule has 3 aromatic rings. The molecular formula is C19H15F3N2O. The highest BCUT2D eigenvalue weighted by molar-refractivity contribution is 5.68. The molecule has 0 bridgehead atoms. The van der Waals surface area contributed by atoms with Gasteiger partial charge in [-0.15, -0.1) is 0 Å². The van der Waals surface area contributed by atoms with Gasteiger partial charge in [0.2, 0.25) is 0 Å². The predicted octanol–water partition coefficient (Wildman–Crippen LogP) is 4.11. The van der Waals surface area contributed by atoms with Crippen molar-refractivity contribution in [2.24, 2.45) is 5.73 Å². The monoisotopic (exact) mass is 344 g/mol. The lowest BCUT2D eigenvalue weighted by Gasteiger charge is -2.16. The largest absolute Gasteiger partial charge is 0.505 e. The van der Waals surface area contributed by atoms with E-state index in [4.69, 9.17) is 5.73 Å². The summed E-state index contributed by atoms with van der Waals surface area (Å²) in [5.74, 6) is -2.55. The van der Waals surface area contributed by atoms with Gasteiger partial charge in [0.25, 0.3) is 0 Å². The summed E-state index contributed by atoms with van der Waals surface area (Å²) in [6.45, 7) is 0. The topological polar surface area (TPSA) is 59.1 Å². The Morgan fingerprint density at radius 2 is 1.72 bits per heavy atom. The van der Waals surface area contributed by atoms with E-state index in [1.54, 1.807) is 18.3 Å². The normalized spacial score (nSPS) is 12.2. The van der Waals surface area contributed by atoms with Gasteiger partial charge in [-0.2, -0.15) is 0 Å². The molecule has 2 aromatic carbocycles. The highest BCUT2D eigenvalue weighted by Crippen LogP contribution is 2.30. The fraction of sp³-hybridized carbons (Fsp3) is 0.105. The van der Waals surface area contributed by atoms with E-state index in [9.17, 15) is 18.3 Å². The first kappa shape index (κ1) is 17.0. The summed E-state index contributed by atoms with van der Waals surface area (Å²) in [5, 5.41) is 9.58. The molecular weight excluding hydrogens is 329 g/mol. The number of aromatic nitrogens is 1. The number of hydrogen-bond donors (Lipinski definition) is 2. The number of rotatable bonds is 4. The lowest BCUT2D eigenvalue weighted by Crippen LogP contribution is -2.16. The van der Waals surface area contributed by atoms with Gasteiger partial charge < -0.3 is 10.8 Å². The lowest BCUT2D eigenvalue weighted by atomic mass is 9.96. The smallest absolute Gasteiger partial charge is 0.164 e. The minimum atomic E-state index is -0.728. The van der Waals surface area contributed by atoms with Gasteiger partial charge in [-0.05, 0) is 47.9 Å². The fourth-order valence-corrected chi connectivity index (χ4v) is 2.72. The second-order valence-corrected chi connectivity index (χ2v) is 5.69. The van der Waals surface area contributed by atoms with Crippen LogP contribution in [-0.2, 0) is 6.42 Å². The Bertz CT molecular complexity index is 895. The van der Waals surface area contributed by atoms with Crippen molar-refractivity contribution < 1.29 is 18.3 Å². The second kappa shape index (κ2) is 6.94. The highest BCUT2D eigenvalue weighted by Gasteiger charge is 2.16. The lowest BCUT2D eigenvalue weighted by molar-refractivity contribution is 0.432. The molecule has 0 unspecified atom stereocenters. The minimum Gasteiger partial charge on any atom is -0.505 e. The standard InChI is InChI=1S/C19H15F3N2O/c20-13-6-11(7-14(21)10-13)8-17(23)19-15(2-1-5-24-19)12-3-4-16(22)18(25)9-12/h1-7,9-10,17,25H,8,23H2/t17-/m0/s1. The number of phenolic OH excluding ortho intramolecular Hbond substituents is 1. The van der Waals surface area contributed by atoms with Gasteiger partial charge in [-0.1, -0.05) is 12.1 Å². The van der Waals surface area contributed by atoms with Crippen molar-refractivity contribution in [3.05, 3.63) is 83.4 Å². The first-order chi connectivity index (χ1) is 11.9.